The lowest BCUT2D eigenvalue weighted by atomic mass is 10.00. The zero-order valence-electron chi connectivity index (χ0n) is 27.2. The van der Waals surface area contributed by atoms with Crippen LogP contribution in [0.3, 0.4) is 0 Å². The quantitative estimate of drug-likeness (QED) is 0.187. The molecule has 0 saturated carbocycles. The summed E-state index contributed by atoms with van der Waals surface area (Å²) in [5.41, 5.74) is 9.99. The number of aromatic nitrogens is 5. The maximum Gasteiger partial charge on any atom is 0.150 e. The maximum absolute atomic E-state index is 16.6. The third-order valence-corrected chi connectivity index (χ3v) is 9.98. The first-order valence-electron chi connectivity index (χ1n) is 16.8. The van der Waals surface area contributed by atoms with Gasteiger partial charge in [0.25, 0.3) is 0 Å². The Morgan fingerprint density at radius 1 is 0.540 bits per heavy atom. The van der Waals surface area contributed by atoms with E-state index in [1.165, 1.54) is 5.39 Å². The van der Waals surface area contributed by atoms with Gasteiger partial charge in [0.1, 0.15) is 11.5 Å². The predicted octanol–water partition coefficient (Wildman–Crippen LogP) is 10.9. The monoisotopic (exact) mass is 647 g/mol. The third kappa shape index (κ3) is 4.18. The number of nitrogens with zero attached hydrogens (tertiary/aromatic N) is 5. The molecule has 5 nitrogen and oxygen atoms in total. The van der Waals surface area contributed by atoms with Gasteiger partial charge in [-0.2, -0.15) is 0 Å². The average molecular weight is 648 g/mol. The van der Waals surface area contributed by atoms with Gasteiger partial charge in [-0.3, -0.25) is 4.57 Å². The highest BCUT2D eigenvalue weighted by Crippen LogP contribution is 2.41. The van der Waals surface area contributed by atoms with E-state index >= 15 is 4.39 Å². The lowest BCUT2D eigenvalue weighted by Crippen LogP contribution is -2.00. The molecule has 0 aliphatic carbocycles. The number of para-hydroxylation sites is 5. The Bertz CT molecular complexity index is 2910. The Labute approximate surface area is 287 Å². The Morgan fingerprint density at radius 2 is 1.16 bits per heavy atom. The summed E-state index contributed by atoms with van der Waals surface area (Å²) in [6, 6.07) is 50.9. The van der Waals surface area contributed by atoms with Crippen molar-refractivity contribution in [3.8, 4) is 22.8 Å². The van der Waals surface area contributed by atoms with E-state index in [1.807, 2.05) is 86.0 Å². The second-order valence-corrected chi connectivity index (χ2v) is 12.8. The van der Waals surface area contributed by atoms with Gasteiger partial charge in [0, 0.05) is 45.5 Å². The zero-order chi connectivity index (χ0) is 33.3. The average Bonchev–Trinajstić information content (AvgIpc) is 3.82. The summed E-state index contributed by atoms with van der Waals surface area (Å²) in [5.74, 6) is 0.810. The van der Waals surface area contributed by atoms with Crippen LogP contribution in [0.4, 0.5) is 4.39 Å². The van der Waals surface area contributed by atoms with Gasteiger partial charge in [0.15, 0.2) is 6.17 Å². The highest BCUT2D eigenvalue weighted by Gasteiger charge is 2.22. The maximum atomic E-state index is 16.6. The van der Waals surface area contributed by atoms with Gasteiger partial charge in [0.2, 0.25) is 0 Å². The van der Waals surface area contributed by atoms with E-state index in [0.29, 0.717) is 11.1 Å². The largest absolute Gasteiger partial charge is 0.327 e. The normalized spacial score (nSPS) is 12.5. The van der Waals surface area contributed by atoms with Crippen molar-refractivity contribution >= 4 is 54.8 Å². The number of pyridine rings is 1. The summed E-state index contributed by atoms with van der Waals surface area (Å²) in [4.78, 5) is 10.00. The van der Waals surface area contributed by atoms with Crippen LogP contribution in [0.5, 0.6) is 0 Å². The molecule has 1 unspecified atom stereocenters. The Hall–Kier alpha value is -6.53. The summed E-state index contributed by atoms with van der Waals surface area (Å²) >= 11 is 0. The van der Waals surface area contributed by atoms with E-state index in [0.717, 1.165) is 72.2 Å². The van der Waals surface area contributed by atoms with Crippen molar-refractivity contribution in [3.05, 3.63) is 169 Å². The lowest BCUT2D eigenvalue weighted by molar-refractivity contribution is 0.402. The van der Waals surface area contributed by atoms with Gasteiger partial charge in [-0.25, -0.2) is 14.4 Å². The fourth-order valence-electron chi connectivity index (χ4n) is 7.73. The Balaban J connectivity index is 1.14. The van der Waals surface area contributed by atoms with Crippen molar-refractivity contribution < 1.29 is 4.39 Å². The molecule has 4 aromatic heterocycles. The third-order valence-electron chi connectivity index (χ3n) is 9.98. The molecule has 10 aromatic rings. The van der Waals surface area contributed by atoms with Crippen LogP contribution in [0, 0.1) is 0 Å². The van der Waals surface area contributed by atoms with Gasteiger partial charge < -0.3 is 9.13 Å². The molecule has 1 atom stereocenters. The standard InChI is InChI=1S/C44H30FN5/c1-48-38-24-10-7-21-35(38)47-43(48)30-15-11-13-28(25-30)42(45)29-14-12-18-32(26-29)50-37-23-9-6-20-34(37)41-40-33-19-5-8-22-36(33)49(31-16-3-2-4-17-31)39(40)27-46-44(41)50/h2-27,42H,1H3. The minimum Gasteiger partial charge on any atom is -0.327 e. The van der Waals surface area contributed by atoms with Crippen LogP contribution in [0.15, 0.2) is 158 Å². The minimum absolute atomic E-state index is 0.581. The van der Waals surface area contributed by atoms with Crippen molar-refractivity contribution in [2.24, 2.45) is 7.05 Å². The van der Waals surface area contributed by atoms with Crippen molar-refractivity contribution in [2.75, 3.05) is 0 Å². The van der Waals surface area contributed by atoms with Crippen molar-refractivity contribution in [1.82, 2.24) is 23.7 Å². The summed E-state index contributed by atoms with van der Waals surface area (Å²) in [5, 5.41) is 4.51. The Morgan fingerprint density at radius 3 is 1.94 bits per heavy atom. The fourth-order valence-corrected chi connectivity index (χ4v) is 7.73. The highest BCUT2D eigenvalue weighted by atomic mass is 19.1. The molecule has 0 N–H and O–H groups in total. The minimum atomic E-state index is -1.33. The van der Waals surface area contributed by atoms with Crippen LogP contribution in [0.1, 0.15) is 17.3 Å². The summed E-state index contributed by atoms with van der Waals surface area (Å²) in [6.07, 6.45) is 0.648. The molecule has 0 radical (unpaired) electrons. The predicted molar refractivity (Wildman–Crippen MR) is 202 cm³/mol. The number of halogens is 1. The highest BCUT2D eigenvalue weighted by molar-refractivity contribution is 6.27. The van der Waals surface area contributed by atoms with Gasteiger partial charge in [-0.1, -0.05) is 97.1 Å². The second-order valence-electron chi connectivity index (χ2n) is 12.8. The van der Waals surface area contributed by atoms with E-state index in [9.17, 15) is 0 Å². The van der Waals surface area contributed by atoms with Crippen LogP contribution in [0.25, 0.3) is 77.5 Å². The first-order chi connectivity index (χ1) is 24.7. The van der Waals surface area contributed by atoms with Crippen molar-refractivity contribution in [2.45, 2.75) is 6.17 Å². The topological polar surface area (TPSA) is 40.6 Å². The molecule has 4 heterocycles. The molecule has 6 heteroatoms. The molecule has 0 fully saturated rings. The number of fused-ring (bicyclic) bond motifs is 8. The summed E-state index contributed by atoms with van der Waals surface area (Å²) in [7, 11) is 2.00. The summed E-state index contributed by atoms with van der Waals surface area (Å²) < 4.78 is 23.1. The van der Waals surface area contributed by atoms with Gasteiger partial charge in [-0.15, -0.1) is 0 Å². The molecule has 238 valence electrons. The smallest absolute Gasteiger partial charge is 0.150 e. The van der Waals surface area contributed by atoms with Crippen LogP contribution < -0.4 is 0 Å². The van der Waals surface area contributed by atoms with Crippen LogP contribution >= 0.6 is 0 Å². The van der Waals surface area contributed by atoms with Crippen molar-refractivity contribution in [3.63, 3.8) is 0 Å². The molecule has 0 aliphatic rings. The number of hydrogen-bond acceptors (Lipinski definition) is 2. The summed E-state index contributed by atoms with van der Waals surface area (Å²) in [6.45, 7) is 0. The molecule has 0 bridgehead atoms. The number of imidazole rings is 1. The molecule has 6 aromatic carbocycles. The van der Waals surface area contributed by atoms with Crippen LogP contribution in [-0.4, -0.2) is 23.7 Å². The SMILES string of the molecule is Cn1c(-c2cccc(C(F)c3cccc(-n4c5ccccc5c5c6c7ccccc7n(-c7ccccc7)c6cnc54)c3)c2)nc2ccccc21. The van der Waals surface area contributed by atoms with Gasteiger partial charge in [0.05, 0.1) is 33.8 Å². The molecule has 0 spiro atoms. The molecule has 0 aliphatic heterocycles. The zero-order valence-corrected chi connectivity index (χ0v) is 27.2. The lowest BCUT2D eigenvalue weighted by Gasteiger charge is -2.14. The van der Waals surface area contributed by atoms with Gasteiger partial charge >= 0.3 is 0 Å². The Kier molecular flexibility index (Phi) is 6.27. The number of rotatable bonds is 5. The number of alkyl halides is 1. The van der Waals surface area contributed by atoms with E-state index in [2.05, 4.69) is 92.6 Å². The number of aryl methyl sites for hydroxylation is 1. The van der Waals surface area contributed by atoms with E-state index in [-0.39, 0.29) is 0 Å². The first-order valence-corrected chi connectivity index (χ1v) is 16.8. The molecular weight excluding hydrogens is 618 g/mol. The molecule has 0 saturated heterocycles. The fraction of sp³-hybridized carbons (Fsp3) is 0.0455. The number of hydrogen-bond donors (Lipinski definition) is 0. The van der Waals surface area contributed by atoms with Crippen LogP contribution in [0.2, 0.25) is 0 Å². The second kappa shape index (κ2) is 11.0. The number of benzene rings is 6. The van der Waals surface area contributed by atoms with E-state index in [1.54, 1.807) is 0 Å². The van der Waals surface area contributed by atoms with Crippen molar-refractivity contribution in [1.29, 1.82) is 0 Å². The first kappa shape index (κ1) is 28.5. The molecule has 10 rings (SSSR count). The van der Waals surface area contributed by atoms with Crippen LogP contribution in [-0.2, 0) is 7.05 Å². The van der Waals surface area contributed by atoms with E-state index in [4.69, 9.17) is 9.97 Å². The molecule has 50 heavy (non-hydrogen) atoms. The van der Waals surface area contributed by atoms with Gasteiger partial charge in [-0.05, 0) is 65.7 Å². The molecule has 0 amide bonds. The molecular formula is C44H30FN5. The van der Waals surface area contributed by atoms with E-state index < -0.39 is 6.17 Å².